The van der Waals surface area contributed by atoms with E-state index in [1.165, 1.54) is 5.56 Å². The lowest BCUT2D eigenvalue weighted by Crippen LogP contribution is -2.40. The molecule has 3 rings (SSSR count). The molecule has 0 N–H and O–H groups in total. The van der Waals surface area contributed by atoms with Crippen LogP contribution in [0, 0.1) is 5.92 Å². The first-order valence-electron chi connectivity index (χ1n) is 9.43. The Labute approximate surface area is 154 Å². The van der Waals surface area contributed by atoms with Gasteiger partial charge >= 0.3 is 0 Å². The Hall–Kier alpha value is -2.37. The fourth-order valence-electron chi connectivity index (χ4n) is 3.75. The Balaban J connectivity index is 1.64. The number of anilines is 1. The summed E-state index contributed by atoms with van der Waals surface area (Å²) in [5.41, 5.74) is 2.09. The average Bonchev–Trinajstić information content (AvgIpc) is 2.87. The van der Waals surface area contributed by atoms with E-state index in [1.54, 1.807) is 16.7 Å². The number of carbonyl (C=O) groups excluding carboxylic acids is 3. The summed E-state index contributed by atoms with van der Waals surface area (Å²) in [4.78, 5) is 42.2. The van der Waals surface area contributed by atoms with Crippen LogP contribution >= 0.6 is 0 Å². The van der Waals surface area contributed by atoms with E-state index in [-0.39, 0.29) is 30.1 Å². The zero-order valence-electron chi connectivity index (χ0n) is 15.6. The number of hydrogen-bond donors (Lipinski definition) is 0. The number of carbonyl (C=O) groups is 3. The second kappa shape index (κ2) is 7.89. The normalized spacial score (nSPS) is 21.1. The number of amides is 3. The van der Waals surface area contributed by atoms with Crippen molar-refractivity contribution >= 4 is 23.4 Å². The molecule has 1 aromatic carbocycles. The number of nitrogens with zero attached hydrogens (tertiary/aromatic N) is 3. The summed E-state index contributed by atoms with van der Waals surface area (Å²) < 4.78 is 0. The van der Waals surface area contributed by atoms with E-state index in [0.29, 0.717) is 32.7 Å². The zero-order chi connectivity index (χ0) is 18.7. The second-order valence-corrected chi connectivity index (χ2v) is 7.11. The molecule has 26 heavy (non-hydrogen) atoms. The van der Waals surface area contributed by atoms with Crippen LogP contribution in [0.15, 0.2) is 24.3 Å². The number of rotatable bonds is 3. The molecule has 2 saturated heterocycles. The predicted octanol–water partition coefficient (Wildman–Crippen LogP) is 1.68. The largest absolute Gasteiger partial charge is 0.341 e. The van der Waals surface area contributed by atoms with Gasteiger partial charge in [0, 0.05) is 51.8 Å². The molecule has 0 aliphatic carbocycles. The number of aryl methyl sites for hydroxylation is 1. The maximum atomic E-state index is 12.9. The maximum absolute atomic E-state index is 12.9. The first-order chi connectivity index (χ1) is 12.5. The fraction of sp³-hybridized carbons (Fsp3) is 0.550. The van der Waals surface area contributed by atoms with Gasteiger partial charge in [-0.3, -0.25) is 14.4 Å². The summed E-state index contributed by atoms with van der Waals surface area (Å²) in [6, 6.07) is 7.98. The van der Waals surface area contributed by atoms with Crippen molar-refractivity contribution in [1.82, 2.24) is 9.80 Å². The number of benzene rings is 1. The van der Waals surface area contributed by atoms with E-state index in [4.69, 9.17) is 0 Å². The molecule has 1 unspecified atom stereocenters. The molecular weight excluding hydrogens is 330 g/mol. The summed E-state index contributed by atoms with van der Waals surface area (Å²) in [7, 11) is 0. The minimum absolute atomic E-state index is 0.00721. The van der Waals surface area contributed by atoms with Crippen LogP contribution < -0.4 is 4.90 Å². The van der Waals surface area contributed by atoms with Crippen molar-refractivity contribution in [3.63, 3.8) is 0 Å². The standard InChI is InChI=1S/C20H27N3O3/c1-3-16-5-7-18(8-6-16)23-14-17(13-19(23)25)20(26)22-10-4-9-21(11-12-22)15(2)24/h5-8,17H,3-4,9-14H2,1-2H3. The third kappa shape index (κ3) is 3.89. The smallest absolute Gasteiger partial charge is 0.228 e. The van der Waals surface area contributed by atoms with Crippen LogP contribution in [0.25, 0.3) is 0 Å². The molecule has 2 fully saturated rings. The third-order valence-corrected chi connectivity index (χ3v) is 5.38. The van der Waals surface area contributed by atoms with Crippen molar-refractivity contribution in [2.45, 2.75) is 33.1 Å². The quantitative estimate of drug-likeness (QED) is 0.827. The Morgan fingerprint density at radius 1 is 1.04 bits per heavy atom. The third-order valence-electron chi connectivity index (χ3n) is 5.38. The molecule has 0 bridgehead atoms. The Kier molecular flexibility index (Phi) is 5.59. The topological polar surface area (TPSA) is 60.9 Å². The van der Waals surface area contributed by atoms with Crippen molar-refractivity contribution in [3.05, 3.63) is 29.8 Å². The van der Waals surface area contributed by atoms with Crippen molar-refractivity contribution in [3.8, 4) is 0 Å². The van der Waals surface area contributed by atoms with Gasteiger partial charge in [0.2, 0.25) is 17.7 Å². The van der Waals surface area contributed by atoms with E-state index in [0.717, 1.165) is 18.5 Å². The zero-order valence-corrected chi connectivity index (χ0v) is 15.6. The van der Waals surface area contributed by atoms with Gasteiger partial charge in [0.1, 0.15) is 0 Å². The first kappa shape index (κ1) is 18.4. The van der Waals surface area contributed by atoms with Gasteiger partial charge in [0.15, 0.2) is 0 Å². The predicted molar refractivity (Wildman–Crippen MR) is 99.7 cm³/mol. The average molecular weight is 357 g/mol. The van der Waals surface area contributed by atoms with Gasteiger partial charge in [-0.2, -0.15) is 0 Å². The molecular formula is C20H27N3O3. The Morgan fingerprint density at radius 3 is 2.35 bits per heavy atom. The molecule has 1 atom stereocenters. The second-order valence-electron chi connectivity index (χ2n) is 7.11. The molecule has 1 aromatic rings. The molecule has 0 saturated carbocycles. The van der Waals surface area contributed by atoms with Gasteiger partial charge in [-0.25, -0.2) is 0 Å². The minimum atomic E-state index is -0.294. The highest BCUT2D eigenvalue weighted by atomic mass is 16.2. The minimum Gasteiger partial charge on any atom is -0.341 e. The van der Waals surface area contributed by atoms with Gasteiger partial charge in [-0.1, -0.05) is 19.1 Å². The Morgan fingerprint density at radius 2 is 1.69 bits per heavy atom. The summed E-state index contributed by atoms with van der Waals surface area (Å²) in [6.45, 7) is 6.57. The van der Waals surface area contributed by atoms with Crippen molar-refractivity contribution < 1.29 is 14.4 Å². The monoisotopic (exact) mass is 357 g/mol. The van der Waals surface area contributed by atoms with Crippen LogP contribution in [0.5, 0.6) is 0 Å². The molecule has 6 nitrogen and oxygen atoms in total. The summed E-state index contributed by atoms with van der Waals surface area (Å²) in [5, 5.41) is 0. The van der Waals surface area contributed by atoms with E-state index < -0.39 is 0 Å². The molecule has 0 radical (unpaired) electrons. The first-order valence-corrected chi connectivity index (χ1v) is 9.43. The highest BCUT2D eigenvalue weighted by Gasteiger charge is 2.37. The van der Waals surface area contributed by atoms with Crippen molar-refractivity contribution in [2.24, 2.45) is 5.92 Å². The van der Waals surface area contributed by atoms with Crippen LogP contribution in [-0.2, 0) is 20.8 Å². The summed E-state index contributed by atoms with van der Waals surface area (Å²) >= 11 is 0. The van der Waals surface area contributed by atoms with Crippen LogP contribution in [0.1, 0.15) is 32.3 Å². The molecule has 2 aliphatic heterocycles. The molecule has 2 aliphatic rings. The van der Waals surface area contributed by atoms with E-state index in [1.807, 2.05) is 29.2 Å². The lowest BCUT2D eigenvalue weighted by atomic mass is 10.1. The highest BCUT2D eigenvalue weighted by molar-refractivity contribution is 6.00. The summed E-state index contributed by atoms with van der Waals surface area (Å²) in [5.74, 6) is -0.196. The Bertz CT molecular complexity index is 686. The van der Waals surface area contributed by atoms with Gasteiger partial charge in [-0.05, 0) is 30.5 Å². The van der Waals surface area contributed by atoms with Crippen LogP contribution in [-0.4, -0.2) is 60.2 Å². The molecule has 6 heteroatoms. The van der Waals surface area contributed by atoms with E-state index >= 15 is 0 Å². The van der Waals surface area contributed by atoms with Crippen LogP contribution in [0.3, 0.4) is 0 Å². The lowest BCUT2D eigenvalue weighted by Gasteiger charge is -2.24. The maximum Gasteiger partial charge on any atom is 0.228 e. The molecule has 140 valence electrons. The van der Waals surface area contributed by atoms with Gasteiger partial charge in [-0.15, -0.1) is 0 Å². The SMILES string of the molecule is CCc1ccc(N2CC(C(=O)N3CCCN(C(C)=O)CC3)CC2=O)cc1. The van der Waals surface area contributed by atoms with Crippen molar-refractivity contribution in [2.75, 3.05) is 37.6 Å². The molecule has 0 spiro atoms. The molecule has 3 amide bonds. The summed E-state index contributed by atoms with van der Waals surface area (Å²) in [6.07, 6.45) is 2.01. The van der Waals surface area contributed by atoms with E-state index in [9.17, 15) is 14.4 Å². The van der Waals surface area contributed by atoms with Crippen molar-refractivity contribution in [1.29, 1.82) is 0 Å². The fourth-order valence-corrected chi connectivity index (χ4v) is 3.75. The van der Waals surface area contributed by atoms with E-state index in [2.05, 4.69) is 6.92 Å². The van der Waals surface area contributed by atoms with Gasteiger partial charge in [0.05, 0.1) is 5.92 Å². The molecule has 2 heterocycles. The van der Waals surface area contributed by atoms with Crippen LogP contribution in [0.2, 0.25) is 0 Å². The lowest BCUT2D eigenvalue weighted by molar-refractivity contribution is -0.136. The molecule has 0 aromatic heterocycles. The van der Waals surface area contributed by atoms with Crippen LogP contribution in [0.4, 0.5) is 5.69 Å². The highest BCUT2D eigenvalue weighted by Crippen LogP contribution is 2.27. The van der Waals surface area contributed by atoms with Gasteiger partial charge in [0.25, 0.3) is 0 Å². The number of hydrogen-bond acceptors (Lipinski definition) is 3. The van der Waals surface area contributed by atoms with Gasteiger partial charge < -0.3 is 14.7 Å².